The fourth-order valence-electron chi connectivity index (χ4n) is 2.72. The van der Waals surface area contributed by atoms with Crippen LogP contribution in [0, 0.1) is 0 Å². The molecule has 2 aromatic carbocycles. The normalized spacial score (nSPS) is 14.6. The third-order valence-electron chi connectivity index (χ3n) is 4.32. The summed E-state index contributed by atoms with van der Waals surface area (Å²) in [6, 6.07) is 14.8. The lowest BCUT2D eigenvalue weighted by molar-refractivity contribution is -0.120. The van der Waals surface area contributed by atoms with Crippen molar-refractivity contribution in [3.63, 3.8) is 0 Å². The number of aromatic nitrogens is 3. The first-order chi connectivity index (χ1) is 13.5. The molecule has 1 atom stereocenters. The van der Waals surface area contributed by atoms with Crippen molar-refractivity contribution in [3.8, 4) is 11.4 Å². The third-order valence-corrected chi connectivity index (χ3v) is 6.10. The number of thioether (sulfide) groups is 1. The minimum atomic E-state index is -0.490. The summed E-state index contributed by atoms with van der Waals surface area (Å²) in [5.74, 6) is 6.55. The van der Waals surface area contributed by atoms with Crippen LogP contribution in [0.25, 0.3) is 11.4 Å². The van der Waals surface area contributed by atoms with Gasteiger partial charge in [0.25, 0.3) is 0 Å². The number of carbonyl (C=O) groups is 1. The molecule has 0 spiro atoms. The average molecular weight is 434 g/mol. The number of hydrogen-bond acceptors (Lipinski definition) is 5. The number of nitrogens with two attached hydrogens (primary N) is 1. The maximum Gasteiger partial charge on any atom is 0.238 e. The van der Waals surface area contributed by atoms with Gasteiger partial charge in [-0.1, -0.05) is 65.3 Å². The van der Waals surface area contributed by atoms with Crippen molar-refractivity contribution in [2.45, 2.75) is 29.3 Å². The van der Waals surface area contributed by atoms with Crippen LogP contribution in [0.2, 0.25) is 10.0 Å². The van der Waals surface area contributed by atoms with Crippen molar-refractivity contribution in [2.24, 2.45) is 0 Å². The summed E-state index contributed by atoms with van der Waals surface area (Å²) in [4.78, 5) is 12.8. The lowest BCUT2D eigenvalue weighted by atomic mass is 10.1. The fourth-order valence-corrected chi connectivity index (χ4v) is 4.06. The zero-order chi connectivity index (χ0) is 19.7. The van der Waals surface area contributed by atoms with E-state index in [1.807, 2.05) is 30.3 Å². The maximum atomic E-state index is 12.8. The van der Waals surface area contributed by atoms with Gasteiger partial charge in [-0.2, -0.15) is 0 Å². The number of amides is 1. The van der Waals surface area contributed by atoms with E-state index in [9.17, 15) is 4.79 Å². The lowest BCUT2D eigenvalue weighted by Crippen LogP contribution is -2.30. The minimum Gasteiger partial charge on any atom is -0.352 e. The van der Waals surface area contributed by atoms with Gasteiger partial charge in [-0.05, 0) is 36.6 Å². The summed E-state index contributed by atoms with van der Waals surface area (Å²) in [6.45, 7) is 0. The number of nitrogens with one attached hydrogen (secondary N) is 1. The van der Waals surface area contributed by atoms with Crippen LogP contribution in [0.15, 0.2) is 53.7 Å². The zero-order valence-electron chi connectivity index (χ0n) is 14.7. The van der Waals surface area contributed by atoms with Gasteiger partial charge < -0.3 is 11.2 Å². The van der Waals surface area contributed by atoms with Crippen LogP contribution in [-0.4, -0.2) is 26.8 Å². The number of carbonyl (C=O) groups excluding carboxylic acids is 1. The van der Waals surface area contributed by atoms with Crippen molar-refractivity contribution in [1.82, 2.24) is 20.2 Å². The number of nitrogens with zero attached hydrogens (tertiary/aromatic N) is 3. The predicted octanol–water partition coefficient (Wildman–Crippen LogP) is 4.08. The standard InChI is InChI=1S/C19H17Cl2N5OS/c20-12-6-9-15(21)14(10-12)17-24-25-19(26(17)22)28-16(11-4-2-1-3-5-11)18(27)23-13-7-8-13/h1-6,9-10,13,16H,7-8,22H2,(H,23,27)/t16-/m0/s1. The monoisotopic (exact) mass is 433 g/mol. The van der Waals surface area contributed by atoms with E-state index in [1.54, 1.807) is 18.2 Å². The number of nitrogen functional groups attached to an aromatic ring is 1. The largest absolute Gasteiger partial charge is 0.352 e. The molecule has 28 heavy (non-hydrogen) atoms. The molecule has 1 fully saturated rings. The topological polar surface area (TPSA) is 85.8 Å². The molecule has 6 nitrogen and oxygen atoms in total. The molecule has 9 heteroatoms. The maximum absolute atomic E-state index is 12.8. The number of rotatable bonds is 6. The van der Waals surface area contributed by atoms with Gasteiger partial charge in [0, 0.05) is 16.6 Å². The van der Waals surface area contributed by atoms with Crippen LogP contribution in [0.1, 0.15) is 23.7 Å². The second-order valence-electron chi connectivity index (χ2n) is 6.49. The highest BCUT2D eigenvalue weighted by molar-refractivity contribution is 8.00. The van der Waals surface area contributed by atoms with Crippen LogP contribution in [0.4, 0.5) is 0 Å². The highest BCUT2D eigenvalue weighted by Crippen LogP contribution is 2.37. The quantitative estimate of drug-likeness (QED) is 0.451. The molecule has 0 unspecified atom stereocenters. The van der Waals surface area contributed by atoms with Crippen molar-refractivity contribution < 1.29 is 4.79 Å². The lowest BCUT2D eigenvalue weighted by Gasteiger charge is -2.16. The smallest absolute Gasteiger partial charge is 0.238 e. The molecule has 3 aromatic rings. The first-order valence-electron chi connectivity index (χ1n) is 8.71. The van der Waals surface area contributed by atoms with Crippen molar-refractivity contribution in [2.75, 3.05) is 5.84 Å². The number of hydrogen-bond donors (Lipinski definition) is 2. The van der Waals surface area contributed by atoms with E-state index in [0.29, 0.717) is 26.6 Å². The third kappa shape index (κ3) is 4.11. The summed E-state index contributed by atoms with van der Waals surface area (Å²) in [5, 5.41) is 12.3. The van der Waals surface area contributed by atoms with Gasteiger partial charge in [0.05, 0.1) is 5.02 Å². The molecule has 1 aromatic heterocycles. The van der Waals surface area contributed by atoms with Crippen molar-refractivity contribution in [3.05, 3.63) is 64.1 Å². The Morgan fingerprint density at radius 3 is 2.64 bits per heavy atom. The van der Waals surface area contributed by atoms with Gasteiger partial charge in [0.2, 0.25) is 11.1 Å². The molecule has 1 aliphatic carbocycles. The molecule has 3 N–H and O–H groups in total. The van der Waals surface area contributed by atoms with E-state index in [1.165, 1.54) is 16.4 Å². The summed E-state index contributed by atoms with van der Waals surface area (Å²) < 4.78 is 1.34. The Bertz CT molecular complexity index is 1010. The molecule has 1 saturated carbocycles. The summed E-state index contributed by atoms with van der Waals surface area (Å²) in [5.41, 5.74) is 1.45. The average Bonchev–Trinajstić information content (AvgIpc) is 3.44. The number of halogens is 2. The van der Waals surface area contributed by atoms with E-state index in [4.69, 9.17) is 29.0 Å². The molecule has 0 aliphatic heterocycles. The SMILES string of the molecule is Nn1c(S[C@H](C(=O)NC2CC2)c2ccccc2)nnc1-c1cc(Cl)ccc1Cl. The molecule has 1 amide bonds. The van der Waals surface area contributed by atoms with Gasteiger partial charge in [0.15, 0.2) is 5.82 Å². The molecule has 4 rings (SSSR count). The van der Waals surface area contributed by atoms with Crippen LogP contribution < -0.4 is 11.2 Å². The molecule has 0 radical (unpaired) electrons. The summed E-state index contributed by atoms with van der Waals surface area (Å²) in [7, 11) is 0. The van der Waals surface area contributed by atoms with Crippen molar-refractivity contribution in [1.29, 1.82) is 0 Å². The Hall–Kier alpha value is -2.22. The minimum absolute atomic E-state index is 0.0657. The van der Waals surface area contributed by atoms with Gasteiger partial charge in [0.1, 0.15) is 5.25 Å². The van der Waals surface area contributed by atoms with Gasteiger partial charge in [-0.3, -0.25) is 4.79 Å². The molecular formula is C19H17Cl2N5OS. The van der Waals surface area contributed by atoms with Crippen LogP contribution >= 0.6 is 35.0 Å². The van der Waals surface area contributed by atoms with Crippen LogP contribution in [-0.2, 0) is 4.79 Å². The Balaban J connectivity index is 1.65. The highest BCUT2D eigenvalue weighted by Gasteiger charge is 2.30. The Labute approximate surface area is 176 Å². The predicted molar refractivity (Wildman–Crippen MR) is 112 cm³/mol. The number of benzene rings is 2. The molecule has 0 bridgehead atoms. The molecule has 1 aliphatic rings. The van der Waals surface area contributed by atoms with Crippen LogP contribution in [0.5, 0.6) is 0 Å². The second-order valence-corrected chi connectivity index (χ2v) is 8.41. The molecule has 1 heterocycles. The molecular weight excluding hydrogens is 417 g/mol. The van der Waals surface area contributed by atoms with Gasteiger partial charge >= 0.3 is 0 Å². The second kappa shape index (κ2) is 8.03. The van der Waals surface area contributed by atoms with E-state index < -0.39 is 5.25 Å². The molecule has 144 valence electrons. The summed E-state index contributed by atoms with van der Waals surface area (Å²) >= 11 is 13.6. The van der Waals surface area contributed by atoms with Crippen LogP contribution in [0.3, 0.4) is 0 Å². The first kappa shape index (κ1) is 19.1. The van der Waals surface area contributed by atoms with Crippen molar-refractivity contribution >= 4 is 40.9 Å². The zero-order valence-corrected chi connectivity index (χ0v) is 17.0. The summed E-state index contributed by atoms with van der Waals surface area (Å²) in [6.07, 6.45) is 2.03. The Kier molecular flexibility index (Phi) is 5.48. The Morgan fingerprint density at radius 1 is 1.18 bits per heavy atom. The molecule has 0 saturated heterocycles. The van der Waals surface area contributed by atoms with Gasteiger partial charge in [-0.15, -0.1) is 10.2 Å². The van der Waals surface area contributed by atoms with E-state index in [2.05, 4.69) is 15.5 Å². The highest BCUT2D eigenvalue weighted by atomic mass is 35.5. The first-order valence-corrected chi connectivity index (χ1v) is 10.3. The van der Waals surface area contributed by atoms with Gasteiger partial charge in [-0.25, -0.2) is 4.68 Å². The fraction of sp³-hybridized carbons (Fsp3) is 0.211. The Morgan fingerprint density at radius 2 is 1.93 bits per heavy atom. The van der Waals surface area contributed by atoms with E-state index >= 15 is 0 Å². The van der Waals surface area contributed by atoms with E-state index in [0.717, 1.165) is 18.4 Å². The van der Waals surface area contributed by atoms with E-state index in [-0.39, 0.29) is 11.9 Å².